The lowest BCUT2D eigenvalue weighted by Gasteiger charge is -2.23. The van der Waals surface area contributed by atoms with Crippen molar-refractivity contribution < 1.29 is 0 Å². The molecule has 0 radical (unpaired) electrons. The number of hydrogen-bond acceptors (Lipinski definition) is 0. The van der Waals surface area contributed by atoms with Crippen LogP contribution in [0.3, 0.4) is 0 Å². The molecule has 0 bridgehead atoms. The summed E-state index contributed by atoms with van der Waals surface area (Å²) in [5.74, 6) is 0. The highest BCUT2D eigenvalue weighted by Gasteiger charge is 2.40. The Balaban J connectivity index is 0.000000104. The molecule has 0 heteroatoms. The van der Waals surface area contributed by atoms with Gasteiger partial charge in [0.15, 0.2) is 0 Å². The van der Waals surface area contributed by atoms with Crippen molar-refractivity contribution in [1.29, 1.82) is 0 Å². The molecule has 0 unspecified atom stereocenters. The standard InChI is InChI=1S/2C47H32.C43H32/c1-47(2)43-27-33(32-14-8-13-31(26-32)29-10-4-3-5-11-29)19-21-38(43)39-22-20-34(28-44(39)47)35-24-25-42-37-16-7-6-15-36(37)40-17-9-12-30-18-23-41(35)46(42)45(30)40;1-47(2)43-27-33(31-17-15-30(16-18-31)29-9-4-3-5-10-29)20-22-38(43)39-23-21-34(28-44(39)47)35-25-26-42-37-13-7-6-12-36(37)40-14-8-11-32-19-24-41(35)46(42)45(32)40;1-25-20-26(2)22-30(21-25)28-13-15-34-35-16-14-29(24-40(35)43(3,4)39(34)23-28)31-18-19-38-33-10-6-5-9-32(33)36-11-7-8-27-12-17-37(31)42(38)41(27)36/h2*3-28H,1-2H3;5-24H,1-4H3. The fourth-order valence-corrected chi connectivity index (χ4v) is 25.0. The quantitative estimate of drug-likeness (QED) is 0.105. The molecule has 0 fully saturated rings. The molecule has 3 aliphatic carbocycles. The number of rotatable bonds is 8. The Labute approximate surface area is 798 Å². The van der Waals surface area contributed by atoms with E-state index in [0.29, 0.717) is 0 Å². The third-order valence-electron chi connectivity index (χ3n) is 31.7. The third-order valence-corrected chi connectivity index (χ3v) is 31.7. The molecule has 3 aliphatic rings. The number of benzene rings is 26. The maximum Gasteiger partial charge on any atom is 0.0159 e. The molecule has 0 nitrogen and oxygen atoms in total. The summed E-state index contributed by atoms with van der Waals surface area (Å²) in [6.07, 6.45) is 0. The topological polar surface area (TPSA) is 0 Å². The zero-order valence-electron chi connectivity index (χ0n) is 78.1. The normalized spacial score (nSPS) is 13.6. The van der Waals surface area contributed by atoms with Gasteiger partial charge in [0.05, 0.1) is 0 Å². The lowest BCUT2D eigenvalue weighted by Crippen LogP contribution is -2.15. The molecule has 137 heavy (non-hydrogen) atoms. The molecule has 0 spiro atoms. The van der Waals surface area contributed by atoms with Gasteiger partial charge in [-0.2, -0.15) is 0 Å². The van der Waals surface area contributed by atoms with Crippen LogP contribution in [-0.2, 0) is 16.2 Å². The van der Waals surface area contributed by atoms with Crippen LogP contribution in [0.1, 0.15) is 86.1 Å². The van der Waals surface area contributed by atoms with Gasteiger partial charge in [-0.3, -0.25) is 0 Å². The van der Waals surface area contributed by atoms with Crippen LogP contribution >= 0.6 is 0 Å². The number of aryl methyl sites for hydroxylation is 2. The van der Waals surface area contributed by atoms with Crippen LogP contribution in [0.25, 0.3) is 252 Å². The van der Waals surface area contributed by atoms with E-state index in [1.807, 2.05) is 0 Å². The van der Waals surface area contributed by atoms with E-state index in [0.717, 1.165) is 0 Å². The summed E-state index contributed by atoms with van der Waals surface area (Å²) >= 11 is 0. The zero-order chi connectivity index (χ0) is 91.6. The molecule has 26 aromatic rings. The van der Waals surface area contributed by atoms with Crippen molar-refractivity contribution in [2.24, 2.45) is 0 Å². The molecule has 0 aliphatic heterocycles. The Hall–Kier alpha value is -16.4. The Bertz CT molecular complexity index is 9520. The molecule has 0 saturated heterocycles. The van der Waals surface area contributed by atoms with E-state index in [-0.39, 0.29) is 16.2 Å². The van der Waals surface area contributed by atoms with E-state index < -0.39 is 0 Å². The van der Waals surface area contributed by atoms with Crippen molar-refractivity contribution in [3.8, 4) is 122 Å². The first-order valence-electron chi connectivity index (χ1n) is 48.6. The Morgan fingerprint density at radius 3 is 0.672 bits per heavy atom. The first kappa shape index (κ1) is 80.3. The van der Waals surface area contributed by atoms with Gasteiger partial charge in [-0.05, 0) is 341 Å². The molecule has 29 rings (SSSR count). The van der Waals surface area contributed by atoms with Gasteiger partial charge in [0.2, 0.25) is 0 Å². The van der Waals surface area contributed by atoms with Crippen LogP contribution in [0.5, 0.6) is 0 Å². The van der Waals surface area contributed by atoms with Crippen LogP contribution < -0.4 is 0 Å². The predicted octanol–water partition coefficient (Wildman–Crippen LogP) is 38.1. The minimum atomic E-state index is -0.117. The molecule has 0 aromatic heterocycles. The summed E-state index contributed by atoms with van der Waals surface area (Å²) in [4.78, 5) is 0. The van der Waals surface area contributed by atoms with E-state index >= 15 is 0 Å². The van der Waals surface area contributed by atoms with Gasteiger partial charge >= 0.3 is 0 Å². The summed E-state index contributed by atoms with van der Waals surface area (Å²) < 4.78 is 0. The Morgan fingerprint density at radius 2 is 0.336 bits per heavy atom. The highest BCUT2D eigenvalue weighted by molar-refractivity contribution is 6.38. The second kappa shape index (κ2) is 30.3. The van der Waals surface area contributed by atoms with Crippen LogP contribution in [0, 0.1) is 13.8 Å². The minimum absolute atomic E-state index is 0.0878. The van der Waals surface area contributed by atoms with Gasteiger partial charge in [0.1, 0.15) is 0 Å². The lowest BCUT2D eigenvalue weighted by atomic mass is 9.80. The number of fused-ring (bicyclic) bond motifs is 18. The van der Waals surface area contributed by atoms with Crippen molar-refractivity contribution in [2.75, 3.05) is 0 Å². The highest BCUT2D eigenvalue weighted by atomic mass is 14.4. The Kier molecular flexibility index (Phi) is 17.8. The van der Waals surface area contributed by atoms with Crippen LogP contribution in [0.4, 0.5) is 0 Å². The van der Waals surface area contributed by atoms with E-state index in [1.165, 1.54) is 296 Å². The monoisotopic (exact) mass is 1740 g/mol. The smallest absolute Gasteiger partial charge is 0.0159 e. The highest BCUT2D eigenvalue weighted by Crippen LogP contribution is 2.58. The molecule has 0 N–H and O–H groups in total. The SMILES string of the molecule is CC1(C)c2cc(-c3ccc(-c4ccccc4)cc3)ccc2-c2ccc(-c3ccc4c5ccccc5c5cccc6ccc3c4c65)cc21.CC1(C)c2cc(-c3cccc(-c4ccccc4)c3)ccc2-c2ccc(-c3ccc4c5ccccc5c5cccc6ccc3c4c65)cc21.Cc1cc(C)cc(-c2ccc3c(c2)C(C)(C)c2cc(-c4ccc5c6ccccc6c6cccc7ccc4c5c76)ccc2-3)c1. The molecular weight excluding hydrogens is 1650 g/mol. The van der Waals surface area contributed by atoms with Crippen molar-refractivity contribution in [3.05, 3.63) is 481 Å². The van der Waals surface area contributed by atoms with Gasteiger partial charge in [0.25, 0.3) is 0 Å². The van der Waals surface area contributed by atoms with Gasteiger partial charge in [0, 0.05) is 16.2 Å². The van der Waals surface area contributed by atoms with Gasteiger partial charge in [-0.25, -0.2) is 0 Å². The number of hydrogen-bond donors (Lipinski definition) is 0. The van der Waals surface area contributed by atoms with Gasteiger partial charge < -0.3 is 0 Å². The average molecular weight is 1740 g/mol. The van der Waals surface area contributed by atoms with Gasteiger partial charge in [-0.15, -0.1) is 0 Å². The largest absolute Gasteiger partial charge is 0.0622 e. The third kappa shape index (κ3) is 12.3. The second-order valence-corrected chi connectivity index (χ2v) is 40.5. The van der Waals surface area contributed by atoms with Gasteiger partial charge in [-0.1, -0.05) is 447 Å². The first-order valence-corrected chi connectivity index (χ1v) is 48.6. The maximum absolute atomic E-state index is 2.47. The van der Waals surface area contributed by atoms with Crippen LogP contribution in [0.2, 0.25) is 0 Å². The van der Waals surface area contributed by atoms with Crippen LogP contribution in [-0.4, -0.2) is 0 Å². The van der Waals surface area contributed by atoms with E-state index in [2.05, 4.69) is 492 Å². The second-order valence-electron chi connectivity index (χ2n) is 40.5. The molecule has 0 saturated carbocycles. The summed E-state index contributed by atoms with van der Waals surface area (Å²) in [5.41, 5.74) is 39.2. The van der Waals surface area contributed by atoms with Crippen molar-refractivity contribution in [1.82, 2.24) is 0 Å². The zero-order valence-corrected chi connectivity index (χ0v) is 78.1. The fourth-order valence-electron chi connectivity index (χ4n) is 25.0. The molecule has 0 heterocycles. The molecule has 0 atom stereocenters. The van der Waals surface area contributed by atoms with Crippen LogP contribution in [0.15, 0.2) is 437 Å². The van der Waals surface area contributed by atoms with Crippen molar-refractivity contribution >= 4 is 129 Å². The van der Waals surface area contributed by atoms with Crippen molar-refractivity contribution in [2.45, 2.75) is 71.6 Å². The summed E-state index contributed by atoms with van der Waals surface area (Å²) in [5, 5.41) is 32.1. The molecule has 0 amide bonds. The molecule has 644 valence electrons. The molecule has 26 aromatic carbocycles. The molecular formula is C137H96. The predicted molar refractivity (Wildman–Crippen MR) is 589 cm³/mol. The van der Waals surface area contributed by atoms with Crippen molar-refractivity contribution in [3.63, 3.8) is 0 Å². The van der Waals surface area contributed by atoms with E-state index in [9.17, 15) is 0 Å². The minimum Gasteiger partial charge on any atom is -0.0622 e. The summed E-state index contributed by atoms with van der Waals surface area (Å²) in [7, 11) is 0. The van der Waals surface area contributed by atoms with E-state index in [1.54, 1.807) is 0 Å². The fraction of sp³-hybridized carbons (Fsp3) is 0.0803. The first-order chi connectivity index (χ1) is 67.0. The van der Waals surface area contributed by atoms with E-state index in [4.69, 9.17) is 0 Å². The summed E-state index contributed by atoms with van der Waals surface area (Å²) in [6, 6.07) is 164. The Morgan fingerprint density at radius 1 is 0.124 bits per heavy atom. The lowest BCUT2D eigenvalue weighted by molar-refractivity contribution is 0.660. The average Bonchev–Trinajstić information content (AvgIpc) is 1.58. The summed E-state index contributed by atoms with van der Waals surface area (Å²) in [6.45, 7) is 18.7. The maximum atomic E-state index is 2.47.